The second-order valence-electron chi connectivity index (χ2n) is 3.45. The first-order valence-electron chi connectivity index (χ1n) is 5.05. The molecule has 0 saturated heterocycles. The average Bonchev–Trinajstić information content (AvgIpc) is 2.86. The van der Waals surface area contributed by atoms with Crippen molar-refractivity contribution in [3.8, 4) is 0 Å². The molecule has 0 spiro atoms. The highest BCUT2D eigenvalue weighted by Crippen LogP contribution is 2.35. The number of nitrogen functional groups attached to an aromatic ring is 1. The number of anilines is 1. The molecule has 2 heterocycles. The molecule has 2 N–H and O–H groups in total. The van der Waals surface area contributed by atoms with Crippen molar-refractivity contribution in [1.82, 2.24) is 9.97 Å². The third-order valence-corrected chi connectivity index (χ3v) is 4.31. The highest BCUT2D eigenvalue weighted by Gasteiger charge is 2.07. The second-order valence-corrected chi connectivity index (χ2v) is 5.64. The molecule has 0 fully saturated rings. The van der Waals surface area contributed by atoms with Gasteiger partial charge in [-0.05, 0) is 24.3 Å². The molecule has 3 rings (SSSR count). The standard InChI is InChI=1S/C12H9N3S2/c13-9-3-4-10(17-12-15-6-7-16-12)11-8(9)2-1-5-14-11/h1-7H,13H2. The lowest BCUT2D eigenvalue weighted by Crippen LogP contribution is -1.89. The normalized spacial score (nSPS) is 10.8. The van der Waals surface area contributed by atoms with E-state index in [4.69, 9.17) is 5.73 Å². The molecule has 0 saturated carbocycles. The van der Waals surface area contributed by atoms with Crippen molar-refractivity contribution in [3.05, 3.63) is 42.0 Å². The van der Waals surface area contributed by atoms with Crippen LogP contribution in [0.15, 0.2) is 51.3 Å². The molecule has 3 nitrogen and oxygen atoms in total. The van der Waals surface area contributed by atoms with Crippen molar-refractivity contribution in [2.75, 3.05) is 5.73 Å². The summed E-state index contributed by atoms with van der Waals surface area (Å²) in [5, 5.41) is 2.96. The highest BCUT2D eigenvalue weighted by molar-refractivity contribution is 8.01. The van der Waals surface area contributed by atoms with Gasteiger partial charge >= 0.3 is 0 Å². The Bertz CT molecular complexity index is 650. The van der Waals surface area contributed by atoms with Gasteiger partial charge in [0.2, 0.25) is 0 Å². The van der Waals surface area contributed by atoms with Crippen LogP contribution in [0.3, 0.4) is 0 Å². The first kappa shape index (κ1) is 10.6. The van der Waals surface area contributed by atoms with E-state index in [-0.39, 0.29) is 0 Å². The minimum Gasteiger partial charge on any atom is -0.398 e. The maximum atomic E-state index is 5.94. The van der Waals surface area contributed by atoms with E-state index in [1.54, 1.807) is 35.5 Å². The average molecular weight is 259 g/mol. The summed E-state index contributed by atoms with van der Waals surface area (Å²) >= 11 is 3.25. The van der Waals surface area contributed by atoms with Gasteiger partial charge in [0, 0.05) is 33.7 Å². The number of hydrogen-bond acceptors (Lipinski definition) is 5. The van der Waals surface area contributed by atoms with Gasteiger partial charge in [-0.25, -0.2) is 4.98 Å². The number of nitrogens with zero attached hydrogens (tertiary/aromatic N) is 2. The van der Waals surface area contributed by atoms with Gasteiger partial charge in [-0.15, -0.1) is 11.3 Å². The van der Waals surface area contributed by atoms with Gasteiger partial charge in [-0.3, -0.25) is 4.98 Å². The van der Waals surface area contributed by atoms with Crippen molar-refractivity contribution in [2.45, 2.75) is 9.24 Å². The Morgan fingerprint density at radius 1 is 1.12 bits per heavy atom. The molecular weight excluding hydrogens is 250 g/mol. The fraction of sp³-hybridized carbons (Fsp3) is 0. The van der Waals surface area contributed by atoms with Gasteiger partial charge < -0.3 is 5.73 Å². The molecule has 0 amide bonds. The third-order valence-electron chi connectivity index (χ3n) is 2.37. The summed E-state index contributed by atoms with van der Waals surface area (Å²) in [7, 11) is 0. The van der Waals surface area contributed by atoms with Crippen molar-refractivity contribution in [3.63, 3.8) is 0 Å². The number of fused-ring (bicyclic) bond motifs is 1. The molecule has 2 aromatic heterocycles. The number of thiazole rings is 1. The minimum atomic E-state index is 0.761. The second kappa shape index (κ2) is 4.35. The smallest absolute Gasteiger partial charge is 0.154 e. The van der Waals surface area contributed by atoms with Gasteiger partial charge in [-0.1, -0.05) is 11.8 Å². The van der Waals surface area contributed by atoms with Crippen LogP contribution >= 0.6 is 23.1 Å². The summed E-state index contributed by atoms with van der Waals surface area (Å²) in [5.74, 6) is 0. The summed E-state index contributed by atoms with van der Waals surface area (Å²) in [6, 6.07) is 7.80. The molecule has 84 valence electrons. The van der Waals surface area contributed by atoms with Crippen LogP contribution in [-0.2, 0) is 0 Å². The monoisotopic (exact) mass is 259 g/mol. The van der Waals surface area contributed by atoms with Crippen molar-refractivity contribution in [1.29, 1.82) is 0 Å². The predicted molar refractivity (Wildman–Crippen MR) is 72.4 cm³/mol. The lowest BCUT2D eigenvalue weighted by atomic mass is 10.2. The van der Waals surface area contributed by atoms with E-state index < -0.39 is 0 Å². The van der Waals surface area contributed by atoms with Crippen molar-refractivity contribution >= 4 is 39.7 Å². The van der Waals surface area contributed by atoms with Crippen LogP contribution in [0.25, 0.3) is 10.9 Å². The highest BCUT2D eigenvalue weighted by atomic mass is 32.2. The largest absolute Gasteiger partial charge is 0.398 e. The van der Waals surface area contributed by atoms with E-state index >= 15 is 0 Å². The molecule has 0 radical (unpaired) electrons. The van der Waals surface area contributed by atoms with Crippen molar-refractivity contribution in [2.24, 2.45) is 0 Å². The number of pyridine rings is 1. The van der Waals surface area contributed by atoms with Crippen LogP contribution in [-0.4, -0.2) is 9.97 Å². The Hall–Kier alpha value is -1.59. The van der Waals surface area contributed by atoms with E-state index in [0.717, 1.165) is 25.8 Å². The van der Waals surface area contributed by atoms with E-state index in [9.17, 15) is 0 Å². The number of benzene rings is 1. The Kier molecular flexibility index (Phi) is 2.70. The van der Waals surface area contributed by atoms with Crippen LogP contribution < -0.4 is 5.73 Å². The SMILES string of the molecule is Nc1ccc(Sc2nccs2)c2ncccc12. The van der Waals surface area contributed by atoms with Crippen molar-refractivity contribution < 1.29 is 0 Å². The number of nitrogens with two attached hydrogens (primary N) is 1. The molecular formula is C12H9N3S2. The maximum absolute atomic E-state index is 5.94. The molecule has 17 heavy (non-hydrogen) atoms. The summed E-state index contributed by atoms with van der Waals surface area (Å²) in [5.41, 5.74) is 7.63. The first-order valence-corrected chi connectivity index (χ1v) is 6.75. The van der Waals surface area contributed by atoms with E-state index in [2.05, 4.69) is 9.97 Å². The third kappa shape index (κ3) is 1.99. The van der Waals surface area contributed by atoms with Crippen LogP contribution in [0.5, 0.6) is 0 Å². The Labute approximate surface area is 107 Å². The quantitative estimate of drug-likeness (QED) is 0.716. The lowest BCUT2D eigenvalue weighted by molar-refractivity contribution is 1.24. The molecule has 0 atom stereocenters. The molecule has 0 aliphatic rings. The van der Waals surface area contributed by atoms with Gasteiger partial charge in [0.05, 0.1) is 5.52 Å². The zero-order valence-electron chi connectivity index (χ0n) is 8.83. The number of rotatable bonds is 2. The van der Waals surface area contributed by atoms with Gasteiger partial charge in [-0.2, -0.15) is 0 Å². The van der Waals surface area contributed by atoms with E-state index in [1.165, 1.54) is 0 Å². The molecule has 0 aliphatic heterocycles. The van der Waals surface area contributed by atoms with Gasteiger partial charge in [0.15, 0.2) is 4.34 Å². The maximum Gasteiger partial charge on any atom is 0.154 e. The molecule has 0 unspecified atom stereocenters. The minimum absolute atomic E-state index is 0.761. The van der Waals surface area contributed by atoms with Gasteiger partial charge in [0.1, 0.15) is 0 Å². The van der Waals surface area contributed by atoms with E-state index in [1.807, 2.05) is 29.6 Å². The topological polar surface area (TPSA) is 51.8 Å². The fourth-order valence-electron chi connectivity index (χ4n) is 1.61. The number of hydrogen-bond donors (Lipinski definition) is 1. The Balaban J connectivity index is 2.14. The summed E-state index contributed by atoms with van der Waals surface area (Å²) in [4.78, 5) is 9.75. The van der Waals surface area contributed by atoms with Crippen LogP contribution in [0, 0.1) is 0 Å². The first-order chi connectivity index (χ1) is 8.34. The zero-order chi connectivity index (χ0) is 11.7. The van der Waals surface area contributed by atoms with E-state index in [0.29, 0.717) is 0 Å². The molecule has 0 aliphatic carbocycles. The Morgan fingerprint density at radius 3 is 2.88 bits per heavy atom. The zero-order valence-corrected chi connectivity index (χ0v) is 10.5. The van der Waals surface area contributed by atoms with Gasteiger partial charge in [0.25, 0.3) is 0 Å². The molecule has 5 heteroatoms. The predicted octanol–water partition coefficient (Wildman–Crippen LogP) is 3.42. The summed E-state index contributed by atoms with van der Waals surface area (Å²) < 4.78 is 1.02. The summed E-state index contributed by atoms with van der Waals surface area (Å²) in [6.45, 7) is 0. The van der Waals surface area contributed by atoms with Crippen LogP contribution in [0.2, 0.25) is 0 Å². The summed E-state index contributed by atoms with van der Waals surface area (Å²) in [6.07, 6.45) is 3.59. The van der Waals surface area contributed by atoms with Crippen LogP contribution in [0.4, 0.5) is 5.69 Å². The molecule has 1 aromatic carbocycles. The molecule has 0 bridgehead atoms. The molecule has 3 aromatic rings. The fourth-order valence-corrected chi connectivity index (χ4v) is 3.29. The Morgan fingerprint density at radius 2 is 2.06 bits per heavy atom. The van der Waals surface area contributed by atoms with Crippen LogP contribution in [0.1, 0.15) is 0 Å². The number of aromatic nitrogens is 2. The lowest BCUT2D eigenvalue weighted by Gasteiger charge is -2.05.